The lowest BCUT2D eigenvalue weighted by molar-refractivity contribution is -0.385. The Balaban J connectivity index is 2.23. The van der Waals surface area contributed by atoms with E-state index in [1.165, 1.54) is 18.2 Å². The first kappa shape index (κ1) is 15.4. The molecule has 0 aliphatic heterocycles. The molecule has 0 heterocycles. The van der Waals surface area contributed by atoms with Crippen LogP contribution in [0, 0.1) is 10.1 Å². The molecular formula is C17H15NO4. The number of ether oxygens (including phenoxy) is 1. The van der Waals surface area contributed by atoms with Crippen LogP contribution in [0.4, 0.5) is 5.69 Å². The SMILES string of the molecule is CCOc1ccc(C=CC(=O)c2ccccc2)cc1[N+](=O)[O-]. The van der Waals surface area contributed by atoms with Crippen LogP contribution in [-0.4, -0.2) is 17.3 Å². The van der Waals surface area contributed by atoms with Crippen molar-refractivity contribution in [2.75, 3.05) is 6.61 Å². The van der Waals surface area contributed by atoms with E-state index >= 15 is 0 Å². The van der Waals surface area contributed by atoms with Gasteiger partial charge in [0.1, 0.15) is 0 Å². The Morgan fingerprint density at radius 3 is 2.59 bits per heavy atom. The molecule has 0 saturated carbocycles. The van der Waals surface area contributed by atoms with Crippen LogP contribution in [0.25, 0.3) is 6.08 Å². The highest BCUT2D eigenvalue weighted by Gasteiger charge is 2.14. The highest BCUT2D eigenvalue weighted by atomic mass is 16.6. The molecule has 112 valence electrons. The Hall–Kier alpha value is -2.95. The molecule has 5 heteroatoms. The van der Waals surface area contributed by atoms with E-state index < -0.39 is 4.92 Å². The van der Waals surface area contributed by atoms with Gasteiger partial charge in [-0.2, -0.15) is 0 Å². The summed E-state index contributed by atoms with van der Waals surface area (Å²) in [4.78, 5) is 22.5. The van der Waals surface area contributed by atoms with Crippen LogP contribution < -0.4 is 4.74 Å². The molecule has 0 aliphatic carbocycles. The first-order valence-corrected chi connectivity index (χ1v) is 6.80. The highest BCUT2D eigenvalue weighted by molar-refractivity contribution is 6.06. The van der Waals surface area contributed by atoms with Crippen molar-refractivity contribution in [2.45, 2.75) is 6.92 Å². The van der Waals surface area contributed by atoms with Gasteiger partial charge in [0.15, 0.2) is 11.5 Å². The largest absolute Gasteiger partial charge is 0.487 e. The zero-order chi connectivity index (χ0) is 15.9. The summed E-state index contributed by atoms with van der Waals surface area (Å²) in [6.45, 7) is 2.11. The number of nitro benzene ring substituents is 1. The number of carbonyl (C=O) groups is 1. The molecule has 0 bridgehead atoms. The average Bonchev–Trinajstić information content (AvgIpc) is 2.54. The van der Waals surface area contributed by atoms with Crippen molar-refractivity contribution >= 4 is 17.5 Å². The van der Waals surface area contributed by atoms with E-state index in [-0.39, 0.29) is 17.2 Å². The first-order valence-electron chi connectivity index (χ1n) is 6.80. The van der Waals surface area contributed by atoms with Gasteiger partial charge in [-0.25, -0.2) is 0 Å². The van der Waals surface area contributed by atoms with Gasteiger partial charge in [0.25, 0.3) is 0 Å². The summed E-state index contributed by atoms with van der Waals surface area (Å²) in [6.07, 6.45) is 2.95. The molecule has 0 fully saturated rings. The molecule has 0 amide bonds. The monoisotopic (exact) mass is 297 g/mol. The number of nitro groups is 1. The Bertz CT molecular complexity index is 708. The molecule has 22 heavy (non-hydrogen) atoms. The van der Waals surface area contributed by atoms with Crippen LogP contribution in [-0.2, 0) is 0 Å². The smallest absolute Gasteiger partial charge is 0.311 e. The van der Waals surface area contributed by atoms with E-state index in [0.717, 1.165) is 0 Å². The number of ketones is 1. The minimum Gasteiger partial charge on any atom is -0.487 e. The Morgan fingerprint density at radius 1 is 1.23 bits per heavy atom. The van der Waals surface area contributed by atoms with E-state index in [4.69, 9.17) is 4.74 Å². The van der Waals surface area contributed by atoms with E-state index in [2.05, 4.69) is 0 Å². The number of benzene rings is 2. The second kappa shape index (κ2) is 7.17. The minimum atomic E-state index is -0.499. The fourth-order valence-corrected chi connectivity index (χ4v) is 1.93. The number of hydrogen-bond acceptors (Lipinski definition) is 4. The minimum absolute atomic E-state index is 0.115. The molecule has 5 nitrogen and oxygen atoms in total. The maximum absolute atomic E-state index is 12.0. The normalized spacial score (nSPS) is 10.6. The molecule has 0 atom stereocenters. The number of carbonyl (C=O) groups excluding carboxylic acids is 1. The van der Waals surface area contributed by atoms with Crippen LogP contribution in [0.3, 0.4) is 0 Å². The predicted octanol–water partition coefficient (Wildman–Crippen LogP) is 3.89. The fraction of sp³-hybridized carbons (Fsp3) is 0.118. The van der Waals surface area contributed by atoms with Crippen molar-refractivity contribution in [3.63, 3.8) is 0 Å². The van der Waals surface area contributed by atoms with Crippen LogP contribution >= 0.6 is 0 Å². The first-order chi connectivity index (χ1) is 10.6. The molecular weight excluding hydrogens is 282 g/mol. The summed E-state index contributed by atoms with van der Waals surface area (Å²) in [5.74, 6) is 0.0659. The van der Waals surface area contributed by atoms with Crippen molar-refractivity contribution in [1.82, 2.24) is 0 Å². The lowest BCUT2D eigenvalue weighted by atomic mass is 10.1. The van der Waals surface area contributed by atoms with Crippen LogP contribution in [0.15, 0.2) is 54.6 Å². The summed E-state index contributed by atoms with van der Waals surface area (Å²) in [5.41, 5.74) is 1.02. The van der Waals surface area contributed by atoms with Gasteiger partial charge in [0.2, 0.25) is 0 Å². The number of nitrogens with zero attached hydrogens (tertiary/aromatic N) is 1. The summed E-state index contributed by atoms with van der Waals surface area (Å²) in [5, 5.41) is 11.0. The molecule has 2 aromatic carbocycles. The van der Waals surface area contributed by atoms with E-state index in [1.54, 1.807) is 43.3 Å². The second-order valence-electron chi connectivity index (χ2n) is 4.48. The average molecular weight is 297 g/mol. The number of hydrogen-bond donors (Lipinski definition) is 0. The van der Waals surface area contributed by atoms with Gasteiger partial charge in [-0.15, -0.1) is 0 Å². The summed E-state index contributed by atoms with van der Waals surface area (Å²) < 4.78 is 5.22. The molecule has 0 saturated heterocycles. The van der Waals surface area contributed by atoms with Gasteiger partial charge in [-0.3, -0.25) is 14.9 Å². The third kappa shape index (κ3) is 3.79. The quantitative estimate of drug-likeness (QED) is 0.351. The summed E-state index contributed by atoms with van der Waals surface area (Å²) in [7, 11) is 0. The van der Waals surface area contributed by atoms with Gasteiger partial charge < -0.3 is 4.74 Å². The van der Waals surface area contributed by atoms with E-state index in [9.17, 15) is 14.9 Å². The molecule has 0 aromatic heterocycles. The zero-order valence-electron chi connectivity index (χ0n) is 12.1. The number of rotatable bonds is 6. The molecule has 0 spiro atoms. The van der Waals surface area contributed by atoms with Gasteiger partial charge in [0, 0.05) is 11.6 Å². The fourth-order valence-electron chi connectivity index (χ4n) is 1.93. The Labute approximate surface area is 128 Å². The van der Waals surface area contributed by atoms with Crippen LogP contribution in [0.1, 0.15) is 22.8 Å². The van der Waals surface area contributed by atoms with Gasteiger partial charge in [-0.1, -0.05) is 42.5 Å². The van der Waals surface area contributed by atoms with Crippen molar-refractivity contribution in [1.29, 1.82) is 0 Å². The van der Waals surface area contributed by atoms with Crippen molar-refractivity contribution < 1.29 is 14.5 Å². The van der Waals surface area contributed by atoms with Crippen LogP contribution in [0.5, 0.6) is 5.75 Å². The maximum atomic E-state index is 12.0. The zero-order valence-corrected chi connectivity index (χ0v) is 12.1. The van der Waals surface area contributed by atoms with Crippen molar-refractivity contribution in [3.05, 3.63) is 75.8 Å². The van der Waals surface area contributed by atoms with Crippen molar-refractivity contribution in [2.24, 2.45) is 0 Å². The van der Waals surface area contributed by atoms with Gasteiger partial charge >= 0.3 is 5.69 Å². The highest BCUT2D eigenvalue weighted by Crippen LogP contribution is 2.28. The molecule has 2 aromatic rings. The standard InChI is InChI=1S/C17H15NO4/c1-2-22-17-11-9-13(12-15(17)18(20)21)8-10-16(19)14-6-4-3-5-7-14/h3-12H,2H2,1H3. The molecule has 0 N–H and O–H groups in total. The Morgan fingerprint density at radius 2 is 1.95 bits per heavy atom. The summed E-state index contributed by atoms with van der Waals surface area (Å²) in [6, 6.07) is 13.4. The second-order valence-corrected chi connectivity index (χ2v) is 4.48. The van der Waals surface area contributed by atoms with Gasteiger partial charge in [-0.05, 0) is 24.6 Å². The Kier molecular flexibility index (Phi) is 5.03. The number of allylic oxidation sites excluding steroid dienone is 1. The van der Waals surface area contributed by atoms with Crippen LogP contribution in [0.2, 0.25) is 0 Å². The third-order valence-electron chi connectivity index (χ3n) is 2.96. The predicted molar refractivity (Wildman–Crippen MR) is 84.1 cm³/mol. The summed E-state index contributed by atoms with van der Waals surface area (Å²) >= 11 is 0. The lowest BCUT2D eigenvalue weighted by Crippen LogP contribution is -1.98. The topological polar surface area (TPSA) is 69.4 Å². The van der Waals surface area contributed by atoms with E-state index in [1.807, 2.05) is 6.07 Å². The molecule has 0 unspecified atom stereocenters. The molecule has 0 aliphatic rings. The lowest BCUT2D eigenvalue weighted by Gasteiger charge is -2.04. The molecule has 0 radical (unpaired) electrons. The molecule has 2 rings (SSSR count). The van der Waals surface area contributed by atoms with Crippen molar-refractivity contribution in [3.8, 4) is 5.75 Å². The third-order valence-corrected chi connectivity index (χ3v) is 2.96. The van der Waals surface area contributed by atoms with Gasteiger partial charge in [0.05, 0.1) is 11.5 Å². The van der Waals surface area contributed by atoms with E-state index in [0.29, 0.717) is 17.7 Å². The maximum Gasteiger partial charge on any atom is 0.311 e.